The van der Waals surface area contributed by atoms with Gasteiger partial charge in [-0.2, -0.15) is 13.2 Å². The molecule has 1 atom stereocenters. The molecule has 0 radical (unpaired) electrons. The summed E-state index contributed by atoms with van der Waals surface area (Å²) in [6.45, 7) is 2.92. The first-order chi connectivity index (χ1) is 13.4. The van der Waals surface area contributed by atoms with Gasteiger partial charge in [0, 0.05) is 26.2 Å². The summed E-state index contributed by atoms with van der Waals surface area (Å²) in [4.78, 5) is 20.8. The van der Waals surface area contributed by atoms with E-state index in [1.807, 2.05) is 9.80 Å². The van der Waals surface area contributed by atoms with Gasteiger partial charge in [0.25, 0.3) is 0 Å². The zero-order valence-electron chi connectivity index (χ0n) is 15.4. The first kappa shape index (κ1) is 19.4. The number of carbonyl (C=O) groups excluding carboxylic acids is 1. The van der Waals surface area contributed by atoms with Crippen LogP contribution in [0.15, 0.2) is 18.2 Å². The van der Waals surface area contributed by atoms with E-state index in [1.165, 1.54) is 17.4 Å². The van der Waals surface area contributed by atoms with Crippen molar-refractivity contribution < 1.29 is 22.7 Å². The summed E-state index contributed by atoms with van der Waals surface area (Å²) < 4.78 is 45.4. The molecule has 1 aromatic carbocycles. The molecule has 0 N–H and O–H groups in total. The molecule has 4 rings (SSSR count). The summed E-state index contributed by atoms with van der Waals surface area (Å²) in [5.41, 5.74) is -0.406. The highest BCUT2D eigenvalue weighted by molar-refractivity contribution is 7.22. The Morgan fingerprint density at radius 2 is 2.07 bits per heavy atom. The fourth-order valence-electron chi connectivity index (χ4n) is 3.70. The fourth-order valence-corrected chi connectivity index (χ4v) is 4.66. The first-order valence-corrected chi connectivity index (χ1v) is 10.3. The second-order valence-electron chi connectivity index (χ2n) is 7.28. The number of ether oxygens (including phenoxy) is 1. The largest absolute Gasteiger partial charge is 0.416 e. The number of rotatable bonds is 5. The molecule has 2 aliphatic heterocycles. The zero-order valence-corrected chi connectivity index (χ0v) is 16.2. The SMILES string of the molecule is O=C(CN(CC1CCCO1)c1nc2cc(C(F)(F)F)ccc2s1)N1CCCC1. The molecule has 1 aromatic heterocycles. The highest BCUT2D eigenvalue weighted by atomic mass is 32.1. The maximum Gasteiger partial charge on any atom is 0.416 e. The number of fused-ring (bicyclic) bond motifs is 1. The van der Waals surface area contributed by atoms with Gasteiger partial charge in [0.1, 0.15) is 0 Å². The number of nitrogens with zero attached hydrogens (tertiary/aromatic N) is 3. The monoisotopic (exact) mass is 413 g/mol. The molecule has 3 heterocycles. The lowest BCUT2D eigenvalue weighted by molar-refractivity contribution is -0.137. The van der Waals surface area contributed by atoms with Crippen LogP contribution in [0.4, 0.5) is 18.3 Å². The molecule has 5 nitrogen and oxygen atoms in total. The van der Waals surface area contributed by atoms with Crippen molar-refractivity contribution in [3.63, 3.8) is 0 Å². The van der Waals surface area contributed by atoms with Crippen molar-refractivity contribution in [2.24, 2.45) is 0 Å². The lowest BCUT2D eigenvalue weighted by atomic mass is 10.2. The van der Waals surface area contributed by atoms with Crippen molar-refractivity contribution >= 4 is 32.6 Å². The quantitative estimate of drug-likeness (QED) is 0.745. The number of likely N-dealkylation sites (tertiary alicyclic amines) is 1. The molecule has 1 amide bonds. The number of halogens is 3. The van der Waals surface area contributed by atoms with Crippen LogP contribution >= 0.6 is 11.3 Å². The normalized spacial score (nSPS) is 20.2. The number of anilines is 1. The van der Waals surface area contributed by atoms with Crippen LogP contribution in [0.25, 0.3) is 10.2 Å². The summed E-state index contributed by atoms with van der Waals surface area (Å²) in [7, 11) is 0. The van der Waals surface area contributed by atoms with Crippen LogP contribution < -0.4 is 4.90 Å². The number of thiazole rings is 1. The topological polar surface area (TPSA) is 45.7 Å². The first-order valence-electron chi connectivity index (χ1n) is 9.52. The molecule has 0 bridgehead atoms. The van der Waals surface area contributed by atoms with Crippen LogP contribution in [0.1, 0.15) is 31.2 Å². The number of carbonyl (C=O) groups is 1. The van der Waals surface area contributed by atoms with Crippen LogP contribution in [0.2, 0.25) is 0 Å². The van der Waals surface area contributed by atoms with E-state index in [2.05, 4.69) is 4.98 Å². The third-order valence-electron chi connectivity index (χ3n) is 5.21. The molecule has 152 valence electrons. The van der Waals surface area contributed by atoms with Crippen molar-refractivity contribution in [1.82, 2.24) is 9.88 Å². The Hall–Kier alpha value is -1.87. The van der Waals surface area contributed by atoms with Gasteiger partial charge < -0.3 is 14.5 Å². The van der Waals surface area contributed by atoms with Crippen molar-refractivity contribution in [1.29, 1.82) is 0 Å². The predicted octanol–water partition coefficient (Wildman–Crippen LogP) is 3.92. The molecule has 28 heavy (non-hydrogen) atoms. The van der Waals surface area contributed by atoms with Crippen LogP contribution in [0.3, 0.4) is 0 Å². The summed E-state index contributed by atoms with van der Waals surface area (Å²) in [6.07, 6.45) is -0.465. The maximum atomic E-state index is 13.0. The van der Waals surface area contributed by atoms with Gasteiger partial charge in [-0.3, -0.25) is 4.79 Å². The Labute approximate surface area is 165 Å². The highest BCUT2D eigenvalue weighted by Gasteiger charge is 2.31. The predicted molar refractivity (Wildman–Crippen MR) is 102 cm³/mol. The second-order valence-corrected chi connectivity index (χ2v) is 8.29. The van der Waals surface area contributed by atoms with E-state index in [-0.39, 0.29) is 18.6 Å². The van der Waals surface area contributed by atoms with E-state index < -0.39 is 11.7 Å². The number of alkyl halides is 3. The van der Waals surface area contributed by atoms with Gasteiger partial charge in [-0.1, -0.05) is 11.3 Å². The lowest BCUT2D eigenvalue weighted by Crippen LogP contribution is -2.42. The summed E-state index contributed by atoms with van der Waals surface area (Å²) in [6, 6.07) is 3.60. The van der Waals surface area contributed by atoms with E-state index in [1.54, 1.807) is 0 Å². The van der Waals surface area contributed by atoms with E-state index >= 15 is 0 Å². The Morgan fingerprint density at radius 1 is 1.29 bits per heavy atom. The molecular formula is C19H22F3N3O2S. The number of hydrogen-bond acceptors (Lipinski definition) is 5. The minimum absolute atomic E-state index is 0.0177. The maximum absolute atomic E-state index is 13.0. The molecule has 1 unspecified atom stereocenters. The molecule has 2 aliphatic rings. The number of benzene rings is 1. The highest BCUT2D eigenvalue weighted by Crippen LogP contribution is 2.35. The zero-order chi connectivity index (χ0) is 19.7. The molecule has 9 heteroatoms. The molecular weight excluding hydrogens is 391 g/mol. The molecule has 0 aliphatic carbocycles. The standard InChI is InChI=1S/C19H22F3N3O2S/c20-19(21,22)13-5-6-16-15(10-13)23-18(28-16)25(11-14-4-3-9-27-14)12-17(26)24-7-1-2-8-24/h5-6,10,14H,1-4,7-9,11-12H2. The number of amides is 1. The third-order valence-corrected chi connectivity index (χ3v) is 6.30. The van der Waals surface area contributed by atoms with E-state index in [0.717, 1.165) is 50.9 Å². The average Bonchev–Trinajstić information content (AvgIpc) is 3.39. The van der Waals surface area contributed by atoms with E-state index in [0.29, 0.717) is 28.5 Å². The second kappa shape index (κ2) is 7.87. The average molecular weight is 413 g/mol. The van der Waals surface area contributed by atoms with Gasteiger partial charge in [-0.25, -0.2) is 4.98 Å². The molecule has 0 saturated carbocycles. The summed E-state index contributed by atoms with van der Waals surface area (Å²) in [5.74, 6) is 0.0331. The van der Waals surface area contributed by atoms with Crippen molar-refractivity contribution in [2.45, 2.75) is 38.0 Å². The Morgan fingerprint density at radius 3 is 2.75 bits per heavy atom. The van der Waals surface area contributed by atoms with Crippen molar-refractivity contribution in [3.8, 4) is 0 Å². The van der Waals surface area contributed by atoms with Gasteiger partial charge in [0.15, 0.2) is 5.13 Å². The van der Waals surface area contributed by atoms with Crippen LogP contribution in [-0.4, -0.2) is 54.7 Å². The summed E-state index contributed by atoms with van der Waals surface area (Å²) in [5, 5.41) is 0.567. The third kappa shape index (κ3) is 4.25. The number of aromatic nitrogens is 1. The van der Waals surface area contributed by atoms with Gasteiger partial charge >= 0.3 is 6.18 Å². The van der Waals surface area contributed by atoms with E-state index in [9.17, 15) is 18.0 Å². The molecule has 2 fully saturated rings. The van der Waals surface area contributed by atoms with Crippen LogP contribution in [-0.2, 0) is 15.7 Å². The van der Waals surface area contributed by atoms with Crippen LogP contribution in [0.5, 0.6) is 0 Å². The van der Waals surface area contributed by atoms with Gasteiger partial charge in [-0.15, -0.1) is 0 Å². The molecule has 0 spiro atoms. The van der Waals surface area contributed by atoms with E-state index in [4.69, 9.17) is 4.74 Å². The van der Waals surface area contributed by atoms with Crippen molar-refractivity contribution in [3.05, 3.63) is 23.8 Å². The van der Waals surface area contributed by atoms with Gasteiger partial charge in [0.05, 0.1) is 28.4 Å². The Balaban J connectivity index is 1.59. The lowest BCUT2D eigenvalue weighted by Gasteiger charge is -2.26. The molecule has 2 saturated heterocycles. The smallest absolute Gasteiger partial charge is 0.376 e. The van der Waals surface area contributed by atoms with Gasteiger partial charge in [-0.05, 0) is 43.9 Å². The Bertz CT molecular complexity index is 843. The fraction of sp³-hybridized carbons (Fsp3) is 0.579. The van der Waals surface area contributed by atoms with Crippen molar-refractivity contribution in [2.75, 3.05) is 37.7 Å². The molecule has 2 aromatic rings. The number of hydrogen-bond donors (Lipinski definition) is 0. The minimum atomic E-state index is -4.40. The van der Waals surface area contributed by atoms with Gasteiger partial charge in [0.2, 0.25) is 5.91 Å². The van der Waals surface area contributed by atoms with Crippen LogP contribution in [0, 0.1) is 0 Å². The summed E-state index contributed by atoms with van der Waals surface area (Å²) >= 11 is 1.31. The Kier molecular flexibility index (Phi) is 5.46. The minimum Gasteiger partial charge on any atom is -0.376 e.